The summed E-state index contributed by atoms with van der Waals surface area (Å²) in [5, 5.41) is 12.5. The molecule has 0 spiro atoms. The van der Waals surface area contributed by atoms with Crippen LogP contribution >= 0.6 is 0 Å². The molecule has 1 heterocycles. The zero-order chi connectivity index (χ0) is 14.9. The fourth-order valence-electron chi connectivity index (χ4n) is 2.01. The van der Waals surface area contributed by atoms with Crippen molar-refractivity contribution in [2.75, 3.05) is 5.32 Å². The van der Waals surface area contributed by atoms with E-state index in [1.54, 1.807) is 24.3 Å². The largest absolute Gasteiger partial charge is 0.477 e. The number of rotatable bonds is 3. The maximum Gasteiger partial charge on any atom is 0.352 e. The Kier molecular flexibility index (Phi) is 3.53. The van der Waals surface area contributed by atoms with E-state index >= 15 is 0 Å². The summed E-state index contributed by atoms with van der Waals surface area (Å²) in [6, 6.07) is 6.83. The molecule has 0 aliphatic carbocycles. The van der Waals surface area contributed by atoms with Crippen molar-refractivity contribution in [3.63, 3.8) is 0 Å². The molecule has 0 fully saturated rings. The van der Waals surface area contributed by atoms with Crippen molar-refractivity contribution >= 4 is 28.5 Å². The van der Waals surface area contributed by atoms with E-state index in [0.29, 0.717) is 12.1 Å². The monoisotopic (exact) mass is 274 g/mol. The molecule has 3 N–H and O–H groups in total. The van der Waals surface area contributed by atoms with Gasteiger partial charge in [-0.2, -0.15) is 0 Å². The van der Waals surface area contributed by atoms with E-state index in [0.717, 1.165) is 10.9 Å². The van der Waals surface area contributed by atoms with Gasteiger partial charge >= 0.3 is 5.97 Å². The van der Waals surface area contributed by atoms with Crippen molar-refractivity contribution in [1.82, 2.24) is 4.98 Å². The predicted octanol–water partition coefficient (Wildman–Crippen LogP) is 3.24. The number of carboxylic acids is 1. The number of nitrogens with one attached hydrogen (secondary N) is 2. The number of H-pyrrole nitrogens is 1. The zero-order valence-electron chi connectivity index (χ0n) is 11.8. The standard InChI is InChI=1S/C15H18N2O3/c1-15(2,3)8-13(18)16-10-4-5-11-9(6-10)7-12(17-11)14(19)20/h4-7,17H,8H2,1-3H3,(H,16,18)(H,19,20). The van der Waals surface area contributed by atoms with Crippen LogP contribution in [0.3, 0.4) is 0 Å². The summed E-state index contributed by atoms with van der Waals surface area (Å²) in [7, 11) is 0. The Hall–Kier alpha value is -2.30. The average Bonchev–Trinajstić information content (AvgIpc) is 2.69. The van der Waals surface area contributed by atoms with Gasteiger partial charge in [0.15, 0.2) is 0 Å². The molecule has 0 atom stereocenters. The summed E-state index contributed by atoms with van der Waals surface area (Å²) in [4.78, 5) is 25.6. The van der Waals surface area contributed by atoms with Gasteiger partial charge in [0.25, 0.3) is 0 Å². The lowest BCUT2D eigenvalue weighted by Crippen LogP contribution is -2.19. The third kappa shape index (κ3) is 3.38. The molecule has 2 rings (SSSR count). The van der Waals surface area contributed by atoms with Crippen molar-refractivity contribution in [3.05, 3.63) is 30.0 Å². The molecule has 0 saturated heterocycles. The molecule has 5 nitrogen and oxygen atoms in total. The molecule has 0 unspecified atom stereocenters. The van der Waals surface area contributed by atoms with Gasteiger partial charge in [0.1, 0.15) is 5.69 Å². The topological polar surface area (TPSA) is 82.2 Å². The van der Waals surface area contributed by atoms with Crippen LogP contribution in [0.15, 0.2) is 24.3 Å². The Morgan fingerprint density at radius 3 is 2.55 bits per heavy atom. The lowest BCUT2D eigenvalue weighted by atomic mass is 9.92. The summed E-state index contributed by atoms with van der Waals surface area (Å²) in [5.41, 5.74) is 1.47. The lowest BCUT2D eigenvalue weighted by Gasteiger charge is -2.17. The first-order valence-corrected chi connectivity index (χ1v) is 6.40. The molecule has 0 aliphatic rings. The van der Waals surface area contributed by atoms with Crippen LogP contribution in [-0.4, -0.2) is 22.0 Å². The van der Waals surface area contributed by atoms with Gasteiger partial charge in [-0.05, 0) is 29.7 Å². The second kappa shape index (κ2) is 5.00. The molecule has 20 heavy (non-hydrogen) atoms. The van der Waals surface area contributed by atoms with Gasteiger partial charge in [0.05, 0.1) is 0 Å². The molecular weight excluding hydrogens is 256 g/mol. The van der Waals surface area contributed by atoms with E-state index in [4.69, 9.17) is 5.11 Å². The minimum Gasteiger partial charge on any atom is -0.477 e. The summed E-state index contributed by atoms with van der Waals surface area (Å²) in [5.74, 6) is -1.05. The second-order valence-electron chi connectivity index (χ2n) is 6.08. The number of aromatic nitrogens is 1. The number of carbonyl (C=O) groups is 2. The highest BCUT2D eigenvalue weighted by atomic mass is 16.4. The van der Waals surface area contributed by atoms with Gasteiger partial charge in [-0.1, -0.05) is 20.8 Å². The highest BCUT2D eigenvalue weighted by Crippen LogP contribution is 2.22. The van der Waals surface area contributed by atoms with Crippen LogP contribution in [0, 0.1) is 5.41 Å². The normalized spacial score (nSPS) is 11.6. The second-order valence-corrected chi connectivity index (χ2v) is 6.08. The molecular formula is C15H18N2O3. The SMILES string of the molecule is CC(C)(C)CC(=O)Nc1ccc2[nH]c(C(=O)O)cc2c1. The number of fused-ring (bicyclic) bond motifs is 1. The first-order valence-electron chi connectivity index (χ1n) is 6.40. The minimum absolute atomic E-state index is 0.0501. The predicted molar refractivity (Wildman–Crippen MR) is 78.0 cm³/mol. The summed E-state index contributed by atoms with van der Waals surface area (Å²) in [6.45, 7) is 6.00. The highest BCUT2D eigenvalue weighted by molar-refractivity contribution is 5.97. The highest BCUT2D eigenvalue weighted by Gasteiger charge is 2.16. The molecule has 1 aromatic carbocycles. The van der Waals surface area contributed by atoms with Crippen molar-refractivity contribution in [1.29, 1.82) is 0 Å². The molecule has 5 heteroatoms. The number of aromatic amines is 1. The number of carbonyl (C=O) groups excluding carboxylic acids is 1. The third-order valence-corrected chi connectivity index (χ3v) is 2.83. The number of carboxylic acid groups (broad SMARTS) is 1. The van der Waals surface area contributed by atoms with Crippen LogP contribution in [0.4, 0.5) is 5.69 Å². The third-order valence-electron chi connectivity index (χ3n) is 2.83. The molecule has 1 amide bonds. The summed E-state index contributed by atoms with van der Waals surface area (Å²) in [6.07, 6.45) is 0.429. The molecule has 0 radical (unpaired) electrons. The number of hydrogen-bond donors (Lipinski definition) is 3. The van der Waals surface area contributed by atoms with E-state index in [2.05, 4.69) is 10.3 Å². The minimum atomic E-state index is -1.00. The van der Waals surface area contributed by atoms with Gasteiger partial charge in [-0.15, -0.1) is 0 Å². The first kappa shape index (κ1) is 14.1. The number of benzene rings is 1. The maximum absolute atomic E-state index is 11.9. The van der Waals surface area contributed by atoms with E-state index < -0.39 is 5.97 Å². The number of aromatic carboxylic acids is 1. The Morgan fingerprint density at radius 2 is 1.95 bits per heavy atom. The first-order chi connectivity index (χ1) is 9.24. The van der Waals surface area contributed by atoms with E-state index in [1.165, 1.54) is 0 Å². The molecule has 0 bridgehead atoms. The van der Waals surface area contributed by atoms with Gasteiger partial charge < -0.3 is 15.4 Å². The fourth-order valence-corrected chi connectivity index (χ4v) is 2.01. The van der Waals surface area contributed by atoms with Crippen LogP contribution in [0.5, 0.6) is 0 Å². The van der Waals surface area contributed by atoms with Crippen molar-refractivity contribution in [2.45, 2.75) is 27.2 Å². The summed E-state index contributed by atoms with van der Waals surface area (Å²) < 4.78 is 0. The maximum atomic E-state index is 11.9. The molecule has 106 valence electrons. The Balaban J connectivity index is 2.19. The van der Waals surface area contributed by atoms with Gasteiger partial charge in [0.2, 0.25) is 5.91 Å². The quantitative estimate of drug-likeness (QED) is 0.803. The van der Waals surface area contributed by atoms with Gasteiger partial charge in [-0.25, -0.2) is 4.79 Å². The molecule has 2 aromatic rings. The van der Waals surface area contributed by atoms with Crippen molar-refractivity contribution in [3.8, 4) is 0 Å². The van der Waals surface area contributed by atoms with Crippen LogP contribution in [0.2, 0.25) is 0 Å². The average molecular weight is 274 g/mol. The Bertz CT molecular complexity index is 665. The zero-order valence-corrected chi connectivity index (χ0v) is 11.8. The van der Waals surface area contributed by atoms with Crippen LogP contribution < -0.4 is 5.32 Å². The smallest absolute Gasteiger partial charge is 0.352 e. The number of hydrogen-bond acceptors (Lipinski definition) is 2. The van der Waals surface area contributed by atoms with Gasteiger partial charge in [0, 0.05) is 23.0 Å². The van der Waals surface area contributed by atoms with Crippen LogP contribution in [0.25, 0.3) is 10.9 Å². The lowest BCUT2D eigenvalue weighted by molar-refractivity contribution is -0.117. The molecule has 1 aromatic heterocycles. The summed E-state index contributed by atoms with van der Waals surface area (Å²) >= 11 is 0. The molecule has 0 saturated carbocycles. The Labute approximate surface area is 117 Å². The van der Waals surface area contributed by atoms with Crippen molar-refractivity contribution in [2.24, 2.45) is 5.41 Å². The van der Waals surface area contributed by atoms with Crippen LogP contribution in [0.1, 0.15) is 37.7 Å². The van der Waals surface area contributed by atoms with Gasteiger partial charge in [-0.3, -0.25) is 4.79 Å². The van der Waals surface area contributed by atoms with E-state index in [1.807, 2.05) is 20.8 Å². The molecule has 0 aliphatic heterocycles. The fraction of sp³-hybridized carbons (Fsp3) is 0.333. The number of anilines is 1. The van der Waals surface area contributed by atoms with E-state index in [9.17, 15) is 9.59 Å². The van der Waals surface area contributed by atoms with Crippen LogP contribution in [-0.2, 0) is 4.79 Å². The number of amides is 1. The van der Waals surface area contributed by atoms with E-state index in [-0.39, 0.29) is 17.0 Å². The Morgan fingerprint density at radius 1 is 1.25 bits per heavy atom. The van der Waals surface area contributed by atoms with Crippen molar-refractivity contribution < 1.29 is 14.7 Å².